The Morgan fingerprint density at radius 2 is 1.66 bits per heavy atom. The van der Waals surface area contributed by atoms with E-state index in [-0.39, 0.29) is 18.1 Å². The van der Waals surface area contributed by atoms with Crippen LogP contribution in [0.15, 0.2) is 42.6 Å². The average Bonchev–Trinajstić information content (AvgIpc) is 3.46. The summed E-state index contributed by atoms with van der Waals surface area (Å²) in [6.45, 7) is 16.0. The van der Waals surface area contributed by atoms with E-state index in [1.165, 1.54) is 16.2 Å². The highest BCUT2D eigenvalue weighted by Crippen LogP contribution is 2.29. The Hall–Kier alpha value is -4.19. The first-order valence-electron chi connectivity index (χ1n) is 15.1. The first-order valence-corrected chi connectivity index (χ1v) is 15.9. The number of carbonyl (C=O) groups is 3. The molecule has 0 saturated heterocycles. The zero-order valence-corrected chi connectivity index (χ0v) is 27.9. The molecule has 2 aromatic heterocycles. The van der Waals surface area contributed by atoms with E-state index in [1.54, 1.807) is 48.5 Å². The molecule has 0 spiro atoms. The van der Waals surface area contributed by atoms with Crippen LogP contribution >= 0.6 is 11.3 Å². The number of aliphatic carboxylic acids is 1. The quantitative estimate of drug-likeness (QED) is 0.211. The summed E-state index contributed by atoms with van der Waals surface area (Å²) in [6, 6.07) is 9.34. The number of ether oxygens (including phenoxy) is 1. The summed E-state index contributed by atoms with van der Waals surface area (Å²) in [5.74, 6) is -0.227. The zero-order valence-electron chi connectivity index (χ0n) is 27.1. The van der Waals surface area contributed by atoms with Gasteiger partial charge in [0.15, 0.2) is 5.82 Å². The lowest BCUT2D eigenvalue weighted by atomic mass is 10.1. The number of rotatable bonds is 14. The van der Waals surface area contributed by atoms with Gasteiger partial charge in [0.05, 0.1) is 11.1 Å². The van der Waals surface area contributed by atoms with Gasteiger partial charge in [-0.05, 0) is 63.9 Å². The number of amides is 2. The third-order valence-electron chi connectivity index (χ3n) is 6.65. The van der Waals surface area contributed by atoms with Gasteiger partial charge in [0.2, 0.25) is 5.95 Å². The predicted molar refractivity (Wildman–Crippen MR) is 177 cm³/mol. The lowest BCUT2D eigenvalue weighted by Gasteiger charge is -2.26. The number of carbonyl (C=O) groups excluding carboxylic acids is 2. The van der Waals surface area contributed by atoms with Crippen LogP contribution in [0.2, 0.25) is 0 Å². The summed E-state index contributed by atoms with van der Waals surface area (Å²) >= 11 is 1.40. The lowest BCUT2D eigenvalue weighted by Crippen LogP contribution is -2.36. The highest BCUT2D eigenvalue weighted by molar-refractivity contribution is 7.14. The second kappa shape index (κ2) is 17.8. The van der Waals surface area contributed by atoms with Crippen LogP contribution in [0.3, 0.4) is 0 Å². The van der Waals surface area contributed by atoms with E-state index >= 15 is 0 Å². The Kier molecular flexibility index (Phi) is 14.6. The Labute approximate surface area is 264 Å². The summed E-state index contributed by atoms with van der Waals surface area (Å²) < 4.78 is 5.40. The van der Waals surface area contributed by atoms with Crippen LogP contribution in [-0.4, -0.2) is 77.2 Å². The van der Waals surface area contributed by atoms with Crippen molar-refractivity contribution in [2.75, 3.05) is 48.3 Å². The van der Waals surface area contributed by atoms with Gasteiger partial charge in [-0.3, -0.25) is 4.79 Å². The SMILES string of the molecule is CC.CCCN(C)C(=O)Oc1ccc(CC(Nc2nc(N(CC)CC)ncc2N(CC)C(=O)c2ccc(C)s2)C(=O)O)cc1. The molecule has 12 heteroatoms. The fourth-order valence-electron chi connectivity index (χ4n) is 4.33. The smallest absolute Gasteiger partial charge is 0.414 e. The number of aryl methyl sites for hydroxylation is 1. The van der Waals surface area contributed by atoms with Crippen molar-refractivity contribution in [2.45, 2.75) is 67.3 Å². The van der Waals surface area contributed by atoms with Gasteiger partial charge in [-0.15, -0.1) is 11.3 Å². The van der Waals surface area contributed by atoms with Gasteiger partial charge in [0, 0.05) is 44.5 Å². The van der Waals surface area contributed by atoms with Crippen LogP contribution in [0.4, 0.5) is 22.2 Å². The second-order valence-electron chi connectivity index (χ2n) is 9.71. The third kappa shape index (κ3) is 9.66. The van der Waals surface area contributed by atoms with Gasteiger partial charge in [0.25, 0.3) is 5.91 Å². The van der Waals surface area contributed by atoms with Crippen LogP contribution in [0.25, 0.3) is 0 Å². The van der Waals surface area contributed by atoms with Crippen molar-refractivity contribution in [3.63, 3.8) is 0 Å². The third-order valence-corrected chi connectivity index (χ3v) is 7.64. The van der Waals surface area contributed by atoms with E-state index < -0.39 is 18.1 Å². The summed E-state index contributed by atoms with van der Waals surface area (Å²) in [5, 5.41) is 13.2. The highest BCUT2D eigenvalue weighted by atomic mass is 32.1. The van der Waals surface area contributed by atoms with Crippen LogP contribution < -0.4 is 19.9 Å². The number of benzene rings is 1. The lowest BCUT2D eigenvalue weighted by molar-refractivity contribution is -0.137. The van der Waals surface area contributed by atoms with Gasteiger partial charge in [-0.2, -0.15) is 4.98 Å². The van der Waals surface area contributed by atoms with Gasteiger partial charge in [0.1, 0.15) is 17.5 Å². The fraction of sp³-hybridized carbons (Fsp3) is 0.469. The Balaban J connectivity index is 0.00000330. The number of carboxylic acid groups (broad SMARTS) is 1. The molecule has 3 rings (SSSR count). The average molecular weight is 627 g/mol. The second-order valence-corrected chi connectivity index (χ2v) is 11.0. The Bertz CT molecular complexity index is 1360. The summed E-state index contributed by atoms with van der Waals surface area (Å²) in [5.41, 5.74) is 1.11. The molecule has 0 aliphatic carbocycles. The van der Waals surface area contributed by atoms with Crippen molar-refractivity contribution in [1.82, 2.24) is 14.9 Å². The number of thiophene rings is 1. The van der Waals surface area contributed by atoms with Crippen LogP contribution in [-0.2, 0) is 11.2 Å². The van der Waals surface area contributed by atoms with Gasteiger partial charge in [-0.25, -0.2) is 14.6 Å². The number of hydrogen-bond donors (Lipinski definition) is 2. The monoisotopic (exact) mass is 626 g/mol. The number of nitrogens with one attached hydrogen (secondary N) is 1. The van der Waals surface area contributed by atoms with Crippen molar-refractivity contribution in [1.29, 1.82) is 0 Å². The molecular formula is C32H46N6O5S. The molecule has 0 fully saturated rings. The largest absolute Gasteiger partial charge is 0.480 e. The summed E-state index contributed by atoms with van der Waals surface area (Å²) in [7, 11) is 1.67. The van der Waals surface area contributed by atoms with E-state index in [0.29, 0.717) is 54.0 Å². The van der Waals surface area contributed by atoms with Crippen LogP contribution in [0.5, 0.6) is 5.75 Å². The zero-order chi connectivity index (χ0) is 32.8. The minimum atomic E-state index is -1.08. The van der Waals surface area contributed by atoms with E-state index in [9.17, 15) is 19.5 Å². The Morgan fingerprint density at radius 1 is 1.00 bits per heavy atom. The van der Waals surface area contributed by atoms with Crippen LogP contribution in [0, 0.1) is 6.92 Å². The predicted octanol–water partition coefficient (Wildman–Crippen LogP) is 6.33. The topological polar surface area (TPSA) is 128 Å². The molecule has 1 unspecified atom stereocenters. The Morgan fingerprint density at radius 3 is 2.18 bits per heavy atom. The molecule has 0 aliphatic rings. The number of aromatic nitrogens is 2. The van der Waals surface area contributed by atoms with E-state index in [0.717, 1.165) is 11.3 Å². The van der Waals surface area contributed by atoms with Crippen LogP contribution in [0.1, 0.15) is 68.1 Å². The summed E-state index contributed by atoms with van der Waals surface area (Å²) in [4.78, 5) is 53.9. The number of carboxylic acids is 1. The van der Waals surface area contributed by atoms with Gasteiger partial charge in [-0.1, -0.05) is 32.9 Å². The maximum atomic E-state index is 13.5. The molecule has 0 bridgehead atoms. The van der Waals surface area contributed by atoms with Crippen molar-refractivity contribution in [3.05, 3.63) is 57.9 Å². The number of hydrogen-bond acceptors (Lipinski definition) is 9. The maximum absolute atomic E-state index is 13.5. The van der Waals surface area contributed by atoms with E-state index in [4.69, 9.17) is 9.72 Å². The summed E-state index contributed by atoms with van der Waals surface area (Å²) in [6.07, 6.45) is 2.05. The minimum Gasteiger partial charge on any atom is -0.480 e. The van der Waals surface area contributed by atoms with Gasteiger partial charge < -0.3 is 29.9 Å². The number of nitrogens with zero attached hydrogens (tertiary/aromatic N) is 5. The molecule has 0 radical (unpaired) electrons. The molecule has 0 saturated carbocycles. The first-order chi connectivity index (χ1) is 21.1. The van der Waals surface area contributed by atoms with Crippen molar-refractivity contribution < 1.29 is 24.2 Å². The maximum Gasteiger partial charge on any atom is 0.414 e. The molecule has 2 amide bonds. The minimum absolute atomic E-state index is 0.119. The molecule has 11 nitrogen and oxygen atoms in total. The number of anilines is 3. The molecule has 240 valence electrons. The normalized spacial score (nSPS) is 11.1. The molecule has 44 heavy (non-hydrogen) atoms. The fourth-order valence-corrected chi connectivity index (χ4v) is 5.15. The molecule has 2 N–H and O–H groups in total. The van der Waals surface area contributed by atoms with E-state index in [1.807, 2.05) is 59.4 Å². The first kappa shape index (κ1) is 36.0. The molecule has 0 aliphatic heterocycles. The molecule has 2 heterocycles. The van der Waals surface area contributed by atoms with Gasteiger partial charge >= 0.3 is 12.1 Å². The molecule has 3 aromatic rings. The van der Waals surface area contributed by atoms with Crippen molar-refractivity contribution in [2.24, 2.45) is 0 Å². The molecule has 1 aromatic carbocycles. The van der Waals surface area contributed by atoms with Crippen molar-refractivity contribution >= 4 is 46.8 Å². The standard InChI is InChI=1S/C30H40N6O5S.C2H6/c1-7-17-34(6)30(40)41-22-14-12-21(13-15-22)18-23(28(38)39)32-26-24(19-31-29(33-26)35(8-2)9-3)36(10-4)27(37)25-16-11-20(5)42-25;1-2/h11-16,19,23H,7-10,17-18H2,1-6H3,(H,38,39)(H,31,32,33);1-2H3. The highest BCUT2D eigenvalue weighted by Gasteiger charge is 2.26. The molecular weight excluding hydrogens is 580 g/mol. The van der Waals surface area contributed by atoms with E-state index in [2.05, 4.69) is 10.3 Å². The molecule has 1 atom stereocenters. The van der Waals surface area contributed by atoms with Crippen molar-refractivity contribution in [3.8, 4) is 5.75 Å².